The first-order valence-electron chi connectivity index (χ1n) is 6.34. The molecule has 3 rings (SSSR count). The highest BCUT2D eigenvalue weighted by atomic mass is 16.5. The lowest BCUT2D eigenvalue weighted by Gasteiger charge is -2.03. The van der Waals surface area contributed by atoms with E-state index in [9.17, 15) is 9.59 Å². The molecule has 0 N–H and O–H groups in total. The number of aryl methyl sites for hydroxylation is 1. The molecule has 0 unspecified atom stereocenters. The highest BCUT2D eigenvalue weighted by Gasteiger charge is 2.17. The van der Waals surface area contributed by atoms with E-state index in [1.54, 1.807) is 13.0 Å². The number of nitrogens with zero attached hydrogens (tertiary/aromatic N) is 1. The topological polar surface area (TPSA) is 60.9 Å². The van der Waals surface area contributed by atoms with E-state index >= 15 is 0 Å². The van der Waals surface area contributed by atoms with Gasteiger partial charge in [-0.3, -0.25) is 0 Å². The van der Waals surface area contributed by atoms with Crippen molar-refractivity contribution in [2.24, 2.45) is 0 Å². The first-order chi connectivity index (χ1) is 9.61. The summed E-state index contributed by atoms with van der Waals surface area (Å²) in [5, 5.41) is 0. The summed E-state index contributed by atoms with van der Waals surface area (Å²) in [6.07, 6.45) is 0. The fraction of sp³-hybridized carbons (Fsp3) is 0.200. The van der Waals surface area contributed by atoms with Crippen molar-refractivity contribution in [2.75, 3.05) is 6.61 Å². The van der Waals surface area contributed by atoms with Crippen LogP contribution in [0.4, 0.5) is 0 Å². The molecule has 5 nitrogen and oxygen atoms in total. The quantitative estimate of drug-likeness (QED) is 0.672. The molecule has 0 spiro atoms. The van der Waals surface area contributed by atoms with Gasteiger partial charge in [0.15, 0.2) is 5.58 Å². The Morgan fingerprint density at radius 2 is 2.15 bits per heavy atom. The van der Waals surface area contributed by atoms with Gasteiger partial charge in [-0.2, -0.15) is 0 Å². The molecule has 0 amide bonds. The van der Waals surface area contributed by atoms with Crippen molar-refractivity contribution < 1.29 is 13.9 Å². The van der Waals surface area contributed by atoms with Gasteiger partial charge in [0.2, 0.25) is 0 Å². The SMILES string of the molecule is CCOC(=O)c1cc2c(cc3cccc(C)n32)oc1=O. The second-order valence-electron chi connectivity index (χ2n) is 4.49. The van der Waals surface area contributed by atoms with Gasteiger partial charge in [-0.15, -0.1) is 0 Å². The Balaban J connectivity index is 2.35. The number of carbonyl (C=O) groups is 1. The molecule has 20 heavy (non-hydrogen) atoms. The smallest absolute Gasteiger partial charge is 0.351 e. The van der Waals surface area contributed by atoms with Crippen LogP contribution in [0, 0.1) is 6.92 Å². The lowest BCUT2D eigenvalue weighted by Crippen LogP contribution is -2.16. The molecule has 3 aromatic rings. The zero-order chi connectivity index (χ0) is 14.3. The van der Waals surface area contributed by atoms with Gasteiger partial charge < -0.3 is 13.6 Å². The summed E-state index contributed by atoms with van der Waals surface area (Å²) in [6.45, 7) is 3.85. The summed E-state index contributed by atoms with van der Waals surface area (Å²) in [5.74, 6) is -0.660. The molecular weight excluding hydrogens is 258 g/mol. The van der Waals surface area contributed by atoms with Crippen LogP contribution in [0.3, 0.4) is 0 Å². The first-order valence-corrected chi connectivity index (χ1v) is 6.34. The van der Waals surface area contributed by atoms with E-state index in [1.165, 1.54) is 6.07 Å². The highest BCUT2D eigenvalue weighted by molar-refractivity contribution is 5.93. The molecule has 0 saturated carbocycles. The Kier molecular flexibility index (Phi) is 2.82. The van der Waals surface area contributed by atoms with Crippen molar-refractivity contribution in [3.8, 4) is 0 Å². The average molecular weight is 271 g/mol. The van der Waals surface area contributed by atoms with Gasteiger partial charge in [-0.25, -0.2) is 9.59 Å². The van der Waals surface area contributed by atoms with Crippen molar-refractivity contribution in [3.63, 3.8) is 0 Å². The number of hydrogen-bond acceptors (Lipinski definition) is 4. The van der Waals surface area contributed by atoms with E-state index in [1.807, 2.05) is 29.5 Å². The van der Waals surface area contributed by atoms with E-state index in [0.29, 0.717) is 11.1 Å². The first kappa shape index (κ1) is 12.5. The standard InChI is InChI=1S/C15H13NO4/c1-3-19-14(17)11-8-12-13(20-15(11)18)7-10-6-4-5-9(2)16(10)12/h4-8H,3H2,1-2H3. The third kappa shape index (κ3) is 1.79. The molecule has 102 valence electrons. The molecular formula is C15H13NO4. The molecule has 0 atom stereocenters. The lowest BCUT2D eigenvalue weighted by molar-refractivity contribution is 0.0521. The molecule has 0 bridgehead atoms. The van der Waals surface area contributed by atoms with Crippen LogP contribution in [-0.2, 0) is 4.74 Å². The van der Waals surface area contributed by atoms with E-state index in [4.69, 9.17) is 9.15 Å². The van der Waals surface area contributed by atoms with Gasteiger partial charge in [0.05, 0.1) is 12.1 Å². The van der Waals surface area contributed by atoms with Gasteiger partial charge in [0.25, 0.3) is 0 Å². The molecule has 0 aliphatic rings. The van der Waals surface area contributed by atoms with Gasteiger partial charge >= 0.3 is 11.6 Å². The molecule has 0 radical (unpaired) electrons. The van der Waals surface area contributed by atoms with Gasteiger partial charge in [0.1, 0.15) is 5.56 Å². The Labute approximate surface area is 114 Å². The van der Waals surface area contributed by atoms with Crippen molar-refractivity contribution in [1.82, 2.24) is 4.40 Å². The summed E-state index contributed by atoms with van der Waals surface area (Å²) >= 11 is 0. The normalized spacial score (nSPS) is 11.1. The number of esters is 1. The molecule has 3 heterocycles. The van der Waals surface area contributed by atoms with Crippen LogP contribution in [0.25, 0.3) is 16.6 Å². The predicted octanol–water partition coefficient (Wildman–Crippen LogP) is 2.53. The van der Waals surface area contributed by atoms with Crippen LogP contribution in [0.15, 0.2) is 39.5 Å². The summed E-state index contributed by atoms with van der Waals surface area (Å²) in [6, 6.07) is 9.09. The maximum Gasteiger partial charge on any atom is 0.351 e. The van der Waals surface area contributed by atoms with Crippen LogP contribution in [0.5, 0.6) is 0 Å². The summed E-state index contributed by atoms with van der Waals surface area (Å²) in [5.41, 5.74) is 2.27. The molecule has 5 heteroatoms. The second kappa shape index (κ2) is 4.52. The summed E-state index contributed by atoms with van der Waals surface area (Å²) in [4.78, 5) is 23.6. The fourth-order valence-corrected chi connectivity index (χ4v) is 2.32. The van der Waals surface area contributed by atoms with E-state index < -0.39 is 11.6 Å². The minimum atomic E-state index is -0.676. The molecule has 0 fully saturated rings. The zero-order valence-corrected chi connectivity index (χ0v) is 11.2. The van der Waals surface area contributed by atoms with Gasteiger partial charge in [-0.05, 0) is 32.0 Å². The number of hydrogen-bond donors (Lipinski definition) is 0. The monoisotopic (exact) mass is 271 g/mol. The maximum atomic E-state index is 11.8. The van der Waals surface area contributed by atoms with E-state index in [2.05, 4.69) is 0 Å². The number of aromatic nitrogens is 1. The van der Waals surface area contributed by atoms with Crippen LogP contribution >= 0.6 is 0 Å². The summed E-state index contributed by atoms with van der Waals surface area (Å²) < 4.78 is 12.0. The average Bonchev–Trinajstić information content (AvgIpc) is 2.76. The van der Waals surface area contributed by atoms with Gasteiger partial charge in [-0.1, -0.05) is 6.07 Å². The van der Waals surface area contributed by atoms with Crippen molar-refractivity contribution >= 4 is 22.6 Å². The molecule has 0 aliphatic carbocycles. The number of carbonyl (C=O) groups excluding carboxylic acids is 1. The Bertz CT molecular complexity index is 873. The second-order valence-corrected chi connectivity index (χ2v) is 4.49. The van der Waals surface area contributed by atoms with Crippen molar-refractivity contribution in [1.29, 1.82) is 0 Å². The third-order valence-electron chi connectivity index (χ3n) is 3.19. The van der Waals surface area contributed by atoms with E-state index in [-0.39, 0.29) is 12.2 Å². The maximum absolute atomic E-state index is 11.8. The highest BCUT2D eigenvalue weighted by Crippen LogP contribution is 2.21. The third-order valence-corrected chi connectivity index (χ3v) is 3.19. The minimum absolute atomic E-state index is 0.0809. The lowest BCUT2D eigenvalue weighted by atomic mass is 10.2. The van der Waals surface area contributed by atoms with Crippen molar-refractivity contribution in [3.05, 3.63) is 52.0 Å². The fourth-order valence-electron chi connectivity index (χ4n) is 2.32. The largest absolute Gasteiger partial charge is 0.462 e. The van der Waals surface area contributed by atoms with Gasteiger partial charge in [0, 0.05) is 17.3 Å². The molecule has 3 aromatic heterocycles. The summed E-state index contributed by atoms with van der Waals surface area (Å²) in [7, 11) is 0. The predicted molar refractivity (Wildman–Crippen MR) is 74.1 cm³/mol. The Hall–Kier alpha value is -2.56. The Morgan fingerprint density at radius 1 is 1.35 bits per heavy atom. The number of pyridine rings is 1. The van der Waals surface area contributed by atoms with Crippen LogP contribution in [0.1, 0.15) is 23.0 Å². The van der Waals surface area contributed by atoms with Crippen LogP contribution in [-0.4, -0.2) is 17.0 Å². The minimum Gasteiger partial charge on any atom is -0.462 e. The zero-order valence-electron chi connectivity index (χ0n) is 11.2. The molecule has 0 aliphatic heterocycles. The molecule has 0 aromatic carbocycles. The van der Waals surface area contributed by atoms with Crippen LogP contribution in [0.2, 0.25) is 0 Å². The Morgan fingerprint density at radius 3 is 2.90 bits per heavy atom. The van der Waals surface area contributed by atoms with Crippen LogP contribution < -0.4 is 5.63 Å². The number of ether oxygens (including phenoxy) is 1. The number of rotatable bonds is 2. The van der Waals surface area contributed by atoms with Crippen molar-refractivity contribution in [2.45, 2.75) is 13.8 Å². The van der Waals surface area contributed by atoms with E-state index in [0.717, 1.165) is 11.2 Å². The molecule has 0 saturated heterocycles. The number of fused-ring (bicyclic) bond motifs is 3.